The fourth-order valence-corrected chi connectivity index (χ4v) is 2.32. The summed E-state index contributed by atoms with van der Waals surface area (Å²) in [6, 6.07) is 9.06. The third-order valence-electron chi connectivity index (χ3n) is 3.52. The average Bonchev–Trinajstić information content (AvgIpc) is 2.34. The Balaban J connectivity index is 2.56. The maximum absolute atomic E-state index is 3.50. The first-order chi connectivity index (χ1) is 8.63. The highest BCUT2D eigenvalue weighted by molar-refractivity contribution is 5.24. The zero-order valence-corrected chi connectivity index (χ0v) is 12.5. The van der Waals surface area contributed by atoms with Gasteiger partial charge in [0.05, 0.1) is 0 Å². The van der Waals surface area contributed by atoms with E-state index in [2.05, 4.69) is 57.3 Å². The molecule has 1 rings (SSSR count). The Morgan fingerprint density at radius 2 is 1.72 bits per heavy atom. The monoisotopic (exact) mass is 247 g/mol. The molecule has 1 N–H and O–H groups in total. The quantitative estimate of drug-likeness (QED) is 0.712. The number of hydrogen-bond acceptors (Lipinski definition) is 1. The topological polar surface area (TPSA) is 12.0 Å². The van der Waals surface area contributed by atoms with Crippen LogP contribution in [0.1, 0.15) is 57.1 Å². The van der Waals surface area contributed by atoms with Crippen LogP contribution in [0.15, 0.2) is 24.3 Å². The van der Waals surface area contributed by atoms with Gasteiger partial charge < -0.3 is 5.32 Å². The first-order valence-electron chi connectivity index (χ1n) is 7.40. The fraction of sp³-hybridized carbons (Fsp3) is 0.647. The van der Waals surface area contributed by atoms with Crippen LogP contribution in [0.25, 0.3) is 0 Å². The number of benzene rings is 1. The Hall–Kier alpha value is -0.820. The summed E-state index contributed by atoms with van der Waals surface area (Å²) in [6.45, 7) is 11.1. The van der Waals surface area contributed by atoms with E-state index in [1.807, 2.05) is 0 Å². The molecule has 1 atom stereocenters. The zero-order valence-electron chi connectivity index (χ0n) is 12.5. The van der Waals surface area contributed by atoms with Gasteiger partial charge in [0.2, 0.25) is 0 Å². The van der Waals surface area contributed by atoms with E-state index in [-0.39, 0.29) is 0 Å². The molecule has 18 heavy (non-hydrogen) atoms. The summed E-state index contributed by atoms with van der Waals surface area (Å²) in [6.07, 6.45) is 3.98. The van der Waals surface area contributed by atoms with Crippen LogP contribution in [0.3, 0.4) is 0 Å². The van der Waals surface area contributed by atoms with Gasteiger partial charge in [-0.3, -0.25) is 0 Å². The van der Waals surface area contributed by atoms with Gasteiger partial charge in [0.15, 0.2) is 0 Å². The van der Waals surface area contributed by atoms with Crippen molar-refractivity contribution in [1.29, 1.82) is 0 Å². The summed E-state index contributed by atoms with van der Waals surface area (Å²) in [5, 5.41) is 3.50. The summed E-state index contributed by atoms with van der Waals surface area (Å²) in [4.78, 5) is 0. The zero-order chi connectivity index (χ0) is 13.4. The lowest BCUT2D eigenvalue weighted by atomic mass is 9.91. The molecule has 0 radical (unpaired) electrons. The van der Waals surface area contributed by atoms with E-state index >= 15 is 0 Å². The molecule has 1 unspecified atom stereocenters. The molecule has 0 aliphatic heterocycles. The Labute approximate surface area is 113 Å². The molecular formula is C17H29N. The van der Waals surface area contributed by atoms with Gasteiger partial charge in [0, 0.05) is 6.54 Å². The van der Waals surface area contributed by atoms with Crippen LogP contribution in [0.4, 0.5) is 0 Å². The van der Waals surface area contributed by atoms with Gasteiger partial charge in [0.1, 0.15) is 0 Å². The third-order valence-corrected chi connectivity index (χ3v) is 3.52. The van der Waals surface area contributed by atoms with Crippen molar-refractivity contribution >= 4 is 0 Å². The van der Waals surface area contributed by atoms with Crippen molar-refractivity contribution in [3.05, 3.63) is 35.4 Å². The van der Waals surface area contributed by atoms with Gasteiger partial charge in [-0.15, -0.1) is 0 Å². The maximum atomic E-state index is 3.50. The first kappa shape index (κ1) is 15.2. The van der Waals surface area contributed by atoms with Gasteiger partial charge in [-0.2, -0.15) is 0 Å². The molecule has 0 spiro atoms. The second-order valence-electron chi connectivity index (χ2n) is 5.74. The van der Waals surface area contributed by atoms with Gasteiger partial charge in [-0.1, -0.05) is 63.4 Å². The van der Waals surface area contributed by atoms with Crippen molar-refractivity contribution in [2.24, 2.45) is 5.92 Å². The molecule has 1 aromatic rings. The normalized spacial score (nSPS) is 12.9. The van der Waals surface area contributed by atoms with Crippen molar-refractivity contribution in [2.75, 3.05) is 13.1 Å². The van der Waals surface area contributed by atoms with Gasteiger partial charge in [0.25, 0.3) is 0 Å². The minimum atomic E-state index is 0.671. The molecule has 0 fully saturated rings. The molecule has 0 amide bonds. The van der Waals surface area contributed by atoms with E-state index in [1.165, 1.54) is 30.4 Å². The van der Waals surface area contributed by atoms with Crippen molar-refractivity contribution in [3.8, 4) is 0 Å². The van der Waals surface area contributed by atoms with Crippen molar-refractivity contribution < 1.29 is 0 Å². The number of rotatable bonds is 8. The second kappa shape index (κ2) is 8.31. The molecular weight excluding hydrogens is 218 g/mol. The molecule has 0 aliphatic carbocycles. The van der Waals surface area contributed by atoms with E-state index < -0.39 is 0 Å². The minimum absolute atomic E-state index is 0.671. The minimum Gasteiger partial charge on any atom is -0.316 e. The van der Waals surface area contributed by atoms with Crippen molar-refractivity contribution in [1.82, 2.24) is 5.32 Å². The second-order valence-corrected chi connectivity index (χ2v) is 5.74. The number of aryl methyl sites for hydroxylation is 1. The molecule has 102 valence electrons. The van der Waals surface area contributed by atoms with Gasteiger partial charge in [-0.25, -0.2) is 0 Å². The number of nitrogens with one attached hydrogen (secondary N) is 1. The Morgan fingerprint density at radius 1 is 1.06 bits per heavy atom. The summed E-state index contributed by atoms with van der Waals surface area (Å²) in [7, 11) is 0. The van der Waals surface area contributed by atoms with Crippen molar-refractivity contribution in [2.45, 2.75) is 52.9 Å². The maximum Gasteiger partial charge on any atom is 0.00200 e. The summed E-state index contributed by atoms with van der Waals surface area (Å²) in [5.41, 5.74) is 2.84. The third kappa shape index (κ3) is 5.68. The van der Waals surface area contributed by atoms with E-state index in [1.54, 1.807) is 0 Å². The van der Waals surface area contributed by atoms with Crippen LogP contribution in [0, 0.1) is 12.8 Å². The number of likely N-dealkylation sites (N-methyl/N-ethyl adjacent to an activating group) is 1. The van der Waals surface area contributed by atoms with Crippen LogP contribution < -0.4 is 5.32 Å². The average molecular weight is 247 g/mol. The summed E-state index contributed by atoms with van der Waals surface area (Å²) < 4.78 is 0. The predicted molar refractivity (Wildman–Crippen MR) is 81.2 cm³/mol. The van der Waals surface area contributed by atoms with Crippen LogP contribution in [-0.4, -0.2) is 13.1 Å². The Kier molecular flexibility index (Phi) is 7.04. The molecule has 0 saturated heterocycles. The molecule has 0 aliphatic rings. The lowest BCUT2D eigenvalue weighted by Gasteiger charge is -2.18. The molecule has 1 nitrogen and oxygen atoms in total. The van der Waals surface area contributed by atoms with Crippen molar-refractivity contribution in [3.63, 3.8) is 0 Å². The van der Waals surface area contributed by atoms with E-state index in [0.29, 0.717) is 5.92 Å². The molecule has 1 aromatic carbocycles. The first-order valence-corrected chi connectivity index (χ1v) is 7.40. The van der Waals surface area contributed by atoms with Crippen LogP contribution in [0.2, 0.25) is 0 Å². The molecule has 0 heterocycles. The standard InChI is InChI=1S/C17H29N/c1-5-18-13-17(8-6-7-14(2)3)16-11-9-15(4)10-12-16/h9-12,14,17-18H,5-8,13H2,1-4H3. The van der Waals surface area contributed by atoms with Crippen LogP contribution in [-0.2, 0) is 0 Å². The highest BCUT2D eigenvalue weighted by Gasteiger charge is 2.11. The smallest absolute Gasteiger partial charge is 0.00200 e. The molecule has 0 saturated carbocycles. The largest absolute Gasteiger partial charge is 0.316 e. The summed E-state index contributed by atoms with van der Waals surface area (Å²) >= 11 is 0. The van der Waals surface area contributed by atoms with E-state index in [4.69, 9.17) is 0 Å². The van der Waals surface area contributed by atoms with Crippen LogP contribution >= 0.6 is 0 Å². The highest BCUT2D eigenvalue weighted by Crippen LogP contribution is 2.23. The molecule has 0 aromatic heterocycles. The number of hydrogen-bond donors (Lipinski definition) is 1. The molecule has 1 heteroatoms. The molecule has 0 bridgehead atoms. The Bertz CT molecular complexity index is 313. The lowest BCUT2D eigenvalue weighted by molar-refractivity contribution is 0.483. The van der Waals surface area contributed by atoms with Crippen LogP contribution in [0.5, 0.6) is 0 Å². The highest BCUT2D eigenvalue weighted by atomic mass is 14.8. The SMILES string of the molecule is CCNCC(CCCC(C)C)c1ccc(C)cc1. The Morgan fingerprint density at radius 3 is 2.28 bits per heavy atom. The fourth-order valence-electron chi connectivity index (χ4n) is 2.32. The predicted octanol–water partition coefficient (Wildman–Crippen LogP) is 4.51. The van der Waals surface area contributed by atoms with Gasteiger partial charge in [-0.05, 0) is 37.3 Å². The van der Waals surface area contributed by atoms with E-state index in [0.717, 1.165) is 19.0 Å². The van der Waals surface area contributed by atoms with Gasteiger partial charge >= 0.3 is 0 Å². The lowest BCUT2D eigenvalue weighted by Crippen LogP contribution is -2.21. The summed E-state index contributed by atoms with van der Waals surface area (Å²) in [5.74, 6) is 1.49. The van der Waals surface area contributed by atoms with E-state index in [9.17, 15) is 0 Å².